The first kappa shape index (κ1) is 38.4. The van der Waals surface area contributed by atoms with E-state index in [1.54, 1.807) is 71.9 Å². The Bertz CT molecular complexity index is 1160. The molecule has 16 nitrogen and oxygen atoms in total. The van der Waals surface area contributed by atoms with Gasteiger partial charge in [-0.1, -0.05) is 30.3 Å². The van der Waals surface area contributed by atoms with Gasteiger partial charge in [-0.2, -0.15) is 0 Å². The third-order valence-corrected chi connectivity index (χ3v) is 5.45. The largest absolute Gasteiger partial charge is 0.480 e. The standard InChI is InChI=1S/C29H45N5O11/c1-17(35)21(23(37)32-20(24(38)39)15-31-26(41)45-29(5,6)7)34-22(36)19(13-14-30-25(40)44-28(2,3)4)33-27(42)43-16-18-11-9-8-10-12-18/h8-12,17,19-21,35H,13-16H2,1-7H3,(H,30,40)(H,31,41)(H,32,37)(H,33,42)(H,34,36)(H,38,39)/t17-,19+,20+,21+/m1/s1. The zero-order valence-corrected chi connectivity index (χ0v) is 26.6. The fraction of sp³-hybridized carbons (Fsp3) is 0.586. The third-order valence-electron chi connectivity index (χ3n) is 5.45. The van der Waals surface area contributed by atoms with Gasteiger partial charge in [0.15, 0.2) is 0 Å². The van der Waals surface area contributed by atoms with Crippen molar-refractivity contribution in [3.05, 3.63) is 35.9 Å². The quantitative estimate of drug-likeness (QED) is 0.143. The summed E-state index contributed by atoms with van der Waals surface area (Å²) in [5.74, 6) is -3.55. The molecule has 5 amide bonds. The van der Waals surface area contributed by atoms with Crippen LogP contribution >= 0.6 is 0 Å². The SMILES string of the molecule is C[C@@H](O)[C@H](NC(=O)[C@H](CCNC(=O)OC(C)(C)C)NC(=O)OCc1ccccc1)C(=O)N[C@@H](CNC(=O)OC(C)(C)C)C(=O)O. The summed E-state index contributed by atoms with van der Waals surface area (Å²) in [6.07, 6.45) is -4.37. The van der Waals surface area contributed by atoms with E-state index in [0.29, 0.717) is 5.56 Å². The normalized spacial score (nSPS) is 14.0. The lowest BCUT2D eigenvalue weighted by atomic mass is 10.1. The molecule has 0 bridgehead atoms. The van der Waals surface area contributed by atoms with E-state index < -0.39 is 78.0 Å². The molecule has 4 atom stereocenters. The summed E-state index contributed by atoms with van der Waals surface area (Å²) >= 11 is 0. The van der Waals surface area contributed by atoms with Crippen LogP contribution in [0.2, 0.25) is 0 Å². The van der Waals surface area contributed by atoms with E-state index in [0.717, 1.165) is 0 Å². The number of alkyl carbamates (subject to hydrolysis) is 3. The molecule has 1 aromatic rings. The van der Waals surface area contributed by atoms with Crippen LogP contribution in [0, 0.1) is 0 Å². The number of aliphatic hydroxyl groups is 1. The van der Waals surface area contributed by atoms with Gasteiger partial charge in [-0.3, -0.25) is 9.59 Å². The van der Waals surface area contributed by atoms with Crippen molar-refractivity contribution in [3.8, 4) is 0 Å². The number of aliphatic hydroxyl groups excluding tert-OH is 1. The Kier molecular flexibility index (Phi) is 15.1. The molecule has 0 aliphatic carbocycles. The first-order valence-corrected chi connectivity index (χ1v) is 14.2. The maximum atomic E-state index is 13.2. The average molecular weight is 640 g/mol. The summed E-state index contributed by atoms with van der Waals surface area (Å²) in [4.78, 5) is 74.5. The molecule has 0 fully saturated rings. The number of hydrogen-bond donors (Lipinski definition) is 7. The number of benzene rings is 1. The lowest BCUT2D eigenvalue weighted by Gasteiger charge is -2.26. The van der Waals surface area contributed by atoms with Crippen LogP contribution < -0.4 is 26.6 Å². The van der Waals surface area contributed by atoms with Gasteiger partial charge in [0, 0.05) is 6.54 Å². The summed E-state index contributed by atoms with van der Waals surface area (Å²) in [6.45, 7) is 10.2. The third kappa shape index (κ3) is 16.7. The molecule has 0 spiro atoms. The lowest BCUT2D eigenvalue weighted by Crippen LogP contribution is -2.60. The van der Waals surface area contributed by atoms with Gasteiger partial charge in [0.1, 0.15) is 35.9 Å². The van der Waals surface area contributed by atoms with E-state index in [-0.39, 0.29) is 19.6 Å². The molecule has 0 radical (unpaired) electrons. The Labute approximate surface area is 261 Å². The van der Waals surface area contributed by atoms with Crippen LogP contribution in [0.5, 0.6) is 0 Å². The number of hydrogen-bond acceptors (Lipinski definition) is 10. The number of aliphatic carboxylic acids is 1. The van der Waals surface area contributed by atoms with Crippen LogP contribution in [-0.4, -0.2) is 94.8 Å². The smallest absolute Gasteiger partial charge is 0.408 e. The van der Waals surface area contributed by atoms with Crippen molar-refractivity contribution in [1.82, 2.24) is 26.6 Å². The van der Waals surface area contributed by atoms with Gasteiger partial charge in [-0.05, 0) is 60.5 Å². The predicted octanol–water partition coefficient (Wildman–Crippen LogP) is 1.16. The zero-order valence-electron chi connectivity index (χ0n) is 26.6. The second-order valence-electron chi connectivity index (χ2n) is 12.0. The minimum absolute atomic E-state index is 0.107. The second kappa shape index (κ2) is 17.6. The van der Waals surface area contributed by atoms with Crippen LogP contribution in [0.3, 0.4) is 0 Å². The van der Waals surface area contributed by atoms with E-state index in [4.69, 9.17) is 14.2 Å². The van der Waals surface area contributed by atoms with Crippen molar-refractivity contribution in [1.29, 1.82) is 0 Å². The minimum Gasteiger partial charge on any atom is -0.480 e. The van der Waals surface area contributed by atoms with Gasteiger partial charge in [-0.15, -0.1) is 0 Å². The van der Waals surface area contributed by atoms with E-state index in [2.05, 4.69) is 26.6 Å². The van der Waals surface area contributed by atoms with Crippen molar-refractivity contribution >= 4 is 36.1 Å². The summed E-state index contributed by atoms with van der Waals surface area (Å²) in [5, 5.41) is 31.3. The molecule has 252 valence electrons. The Balaban J connectivity index is 2.97. The van der Waals surface area contributed by atoms with Crippen LogP contribution in [-0.2, 0) is 35.2 Å². The first-order chi connectivity index (χ1) is 20.8. The number of carboxylic acid groups (broad SMARTS) is 1. The monoisotopic (exact) mass is 639 g/mol. The average Bonchev–Trinajstić information content (AvgIpc) is 2.90. The number of carbonyl (C=O) groups excluding carboxylic acids is 5. The molecule has 0 unspecified atom stereocenters. The summed E-state index contributed by atoms with van der Waals surface area (Å²) in [7, 11) is 0. The summed E-state index contributed by atoms with van der Waals surface area (Å²) < 4.78 is 15.4. The molecule has 0 saturated heterocycles. The van der Waals surface area contributed by atoms with Crippen LogP contribution in [0.4, 0.5) is 14.4 Å². The van der Waals surface area contributed by atoms with Crippen LogP contribution in [0.15, 0.2) is 30.3 Å². The second-order valence-corrected chi connectivity index (χ2v) is 12.0. The number of rotatable bonds is 14. The Morgan fingerprint density at radius 2 is 1.31 bits per heavy atom. The van der Waals surface area contributed by atoms with Crippen molar-refractivity contribution in [2.24, 2.45) is 0 Å². The molecular weight excluding hydrogens is 594 g/mol. The highest BCUT2D eigenvalue weighted by atomic mass is 16.6. The first-order valence-electron chi connectivity index (χ1n) is 14.2. The van der Waals surface area contributed by atoms with E-state index >= 15 is 0 Å². The van der Waals surface area contributed by atoms with Crippen LogP contribution in [0.1, 0.15) is 60.5 Å². The Morgan fingerprint density at radius 1 is 0.756 bits per heavy atom. The number of ether oxygens (including phenoxy) is 3. The van der Waals surface area contributed by atoms with Gasteiger partial charge in [0.25, 0.3) is 0 Å². The highest BCUT2D eigenvalue weighted by Crippen LogP contribution is 2.08. The molecule has 0 aliphatic rings. The van der Waals surface area contributed by atoms with E-state index in [1.807, 2.05) is 0 Å². The highest BCUT2D eigenvalue weighted by Gasteiger charge is 2.33. The number of carbonyl (C=O) groups is 6. The van der Waals surface area contributed by atoms with Gasteiger partial charge in [-0.25, -0.2) is 19.2 Å². The van der Waals surface area contributed by atoms with E-state index in [1.165, 1.54) is 6.92 Å². The van der Waals surface area contributed by atoms with Crippen molar-refractivity contribution in [3.63, 3.8) is 0 Å². The molecule has 0 heterocycles. The van der Waals surface area contributed by atoms with Gasteiger partial charge in [0.05, 0.1) is 12.6 Å². The Morgan fingerprint density at radius 3 is 1.82 bits per heavy atom. The molecule has 1 aromatic carbocycles. The lowest BCUT2D eigenvalue weighted by molar-refractivity contribution is -0.142. The summed E-state index contributed by atoms with van der Waals surface area (Å²) in [5.41, 5.74) is -0.955. The Hall–Kier alpha value is -4.60. The fourth-order valence-electron chi connectivity index (χ4n) is 3.43. The zero-order chi connectivity index (χ0) is 34.4. The molecule has 0 aromatic heterocycles. The number of nitrogens with one attached hydrogen (secondary N) is 5. The minimum atomic E-state index is -1.68. The van der Waals surface area contributed by atoms with Crippen molar-refractivity contribution < 1.29 is 53.2 Å². The topological polar surface area (TPSA) is 231 Å². The number of amides is 5. The van der Waals surface area contributed by atoms with E-state index in [9.17, 15) is 39.0 Å². The molecule has 1 rings (SSSR count). The number of carboxylic acids is 1. The maximum absolute atomic E-state index is 13.2. The molecule has 0 aliphatic heterocycles. The fourth-order valence-corrected chi connectivity index (χ4v) is 3.43. The van der Waals surface area contributed by atoms with Gasteiger partial charge < -0.3 is 51.0 Å². The molecular formula is C29H45N5O11. The molecule has 7 N–H and O–H groups in total. The summed E-state index contributed by atoms with van der Waals surface area (Å²) in [6, 6.07) is 4.03. The van der Waals surface area contributed by atoms with Crippen molar-refractivity contribution in [2.75, 3.05) is 13.1 Å². The molecule has 0 saturated carbocycles. The molecule has 45 heavy (non-hydrogen) atoms. The van der Waals surface area contributed by atoms with Gasteiger partial charge >= 0.3 is 24.2 Å². The van der Waals surface area contributed by atoms with Crippen LogP contribution in [0.25, 0.3) is 0 Å². The van der Waals surface area contributed by atoms with Crippen molar-refractivity contribution in [2.45, 2.75) is 96.9 Å². The predicted molar refractivity (Wildman–Crippen MR) is 160 cm³/mol. The van der Waals surface area contributed by atoms with Gasteiger partial charge in [0.2, 0.25) is 11.8 Å². The maximum Gasteiger partial charge on any atom is 0.408 e. The highest BCUT2D eigenvalue weighted by molar-refractivity contribution is 5.93. The molecule has 16 heteroatoms.